The molecule has 0 bridgehead atoms. The summed E-state index contributed by atoms with van der Waals surface area (Å²) in [6.07, 6.45) is 2.86. The van der Waals surface area contributed by atoms with Crippen LogP contribution in [-0.4, -0.2) is 21.4 Å². The fraction of sp³-hybridized carbons (Fsp3) is 0.500. The van der Waals surface area contributed by atoms with Crippen molar-refractivity contribution in [1.82, 2.24) is 9.71 Å². The van der Waals surface area contributed by atoms with Crippen LogP contribution in [0.15, 0.2) is 17.2 Å². The second-order valence-electron chi connectivity index (χ2n) is 4.09. The van der Waals surface area contributed by atoms with Gasteiger partial charge in [0, 0.05) is 12.7 Å². The number of nitrogens with one attached hydrogen (secondary N) is 1. The van der Waals surface area contributed by atoms with Crippen LogP contribution in [0.5, 0.6) is 0 Å². The number of alkyl halides is 1. The molecule has 0 amide bonds. The molecule has 1 atom stereocenters. The van der Waals surface area contributed by atoms with Gasteiger partial charge in [-0.15, -0.1) is 0 Å². The van der Waals surface area contributed by atoms with Gasteiger partial charge in [-0.05, 0) is 18.9 Å². The largest absolute Gasteiger partial charge is 0.325 e. The van der Waals surface area contributed by atoms with E-state index in [0.29, 0.717) is 28.5 Å². The Balaban J connectivity index is 2.12. The van der Waals surface area contributed by atoms with Gasteiger partial charge in [-0.25, -0.2) is 13.3 Å². The van der Waals surface area contributed by atoms with Crippen molar-refractivity contribution in [3.63, 3.8) is 0 Å². The lowest BCUT2D eigenvalue weighted by molar-refractivity contribution is 0.398. The van der Waals surface area contributed by atoms with Crippen molar-refractivity contribution in [3.8, 4) is 0 Å². The maximum Gasteiger partial charge on any atom is 0.127 e. The van der Waals surface area contributed by atoms with Crippen LogP contribution in [-0.2, 0) is 17.5 Å². The third-order valence-corrected chi connectivity index (χ3v) is 4.32. The Hall–Kier alpha value is -0.560. The minimum absolute atomic E-state index is 0.230. The van der Waals surface area contributed by atoms with Crippen LogP contribution in [0.25, 0.3) is 0 Å². The summed E-state index contributed by atoms with van der Waals surface area (Å²) in [4.78, 5) is 4.45. The van der Waals surface area contributed by atoms with Gasteiger partial charge in [0.1, 0.15) is 17.7 Å². The summed E-state index contributed by atoms with van der Waals surface area (Å²) in [6.45, 7) is -0.283. The molecule has 0 spiro atoms. The van der Waals surface area contributed by atoms with Gasteiger partial charge < -0.3 is 5.73 Å². The molecule has 1 aliphatic carbocycles. The maximum atomic E-state index is 12.7. The number of nitrogens with two attached hydrogens (primary N) is 1. The van der Waals surface area contributed by atoms with Crippen LogP contribution < -0.4 is 10.5 Å². The summed E-state index contributed by atoms with van der Waals surface area (Å²) >= 11 is 5.92. The number of hydrogen-bond donors (Lipinski definition) is 2. The van der Waals surface area contributed by atoms with Crippen molar-refractivity contribution in [2.24, 2.45) is 5.73 Å². The summed E-state index contributed by atoms with van der Waals surface area (Å²) in [7, 11) is -1.49. The fourth-order valence-corrected chi connectivity index (χ4v) is 2.82. The average molecular weight is 278 g/mol. The predicted octanol–water partition coefficient (Wildman–Crippen LogP) is 1.31. The molecule has 1 saturated carbocycles. The molecular weight excluding hydrogens is 265 g/mol. The van der Waals surface area contributed by atoms with Gasteiger partial charge >= 0.3 is 0 Å². The lowest BCUT2D eigenvalue weighted by Gasteiger charge is -2.12. The van der Waals surface area contributed by atoms with Gasteiger partial charge in [0.25, 0.3) is 0 Å². The third kappa shape index (κ3) is 2.82. The summed E-state index contributed by atoms with van der Waals surface area (Å²) < 4.78 is 27.3. The second kappa shape index (κ2) is 4.97. The van der Waals surface area contributed by atoms with Crippen molar-refractivity contribution < 1.29 is 8.60 Å². The van der Waals surface area contributed by atoms with E-state index in [1.807, 2.05) is 0 Å². The SMILES string of the molecule is NCc1ncc(S(=O)NC2(CF)CC2)cc1Cl. The molecule has 0 radical (unpaired) electrons. The Kier molecular flexibility index (Phi) is 3.77. The van der Waals surface area contributed by atoms with Gasteiger partial charge in [0.2, 0.25) is 0 Å². The molecule has 3 N–H and O–H groups in total. The number of aromatic nitrogens is 1. The van der Waals surface area contributed by atoms with Crippen molar-refractivity contribution >= 4 is 22.6 Å². The molecule has 1 fully saturated rings. The summed E-state index contributed by atoms with van der Waals surface area (Å²) in [5, 5.41) is 0.380. The smallest absolute Gasteiger partial charge is 0.127 e. The minimum Gasteiger partial charge on any atom is -0.325 e. The standard InChI is InChI=1S/C10H13ClFN3OS/c11-8-3-7(5-14-9(8)4-13)17(16)15-10(6-12)1-2-10/h3,5,15H,1-2,4,6,13H2. The fourth-order valence-electron chi connectivity index (χ4n) is 1.37. The Labute approximate surface area is 106 Å². The van der Waals surface area contributed by atoms with Crippen molar-refractivity contribution in [2.45, 2.75) is 29.8 Å². The Morgan fingerprint density at radius 2 is 2.35 bits per heavy atom. The zero-order valence-corrected chi connectivity index (χ0v) is 10.7. The topological polar surface area (TPSA) is 68.0 Å². The Bertz CT molecular complexity index is 453. The monoisotopic (exact) mass is 277 g/mol. The highest BCUT2D eigenvalue weighted by Crippen LogP contribution is 2.36. The molecule has 7 heteroatoms. The first kappa shape index (κ1) is 12.9. The van der Waals surface area contributed by atoms with Crippen LogP contribution in [0.1, 0.15) is 18.5 Å². The third-order valence-electron chi connectivity index (χ3n) is 2.72. The molecule has 1 heterocycles. The highest BCUT2D eigenvalue weighted by molar-refractivity contribution is 7.83. The molecule has 1 unspecified atom stereocenters. The molecule has 1 aliphatic rings. The maximum absolute atomic E-state index is 12.7. The lowest BCUT2D eigenvalue weighted by atomic mass is 10.3. The van der Waals surface area contributed by atoms with E-state index in [1.165, 1.54) is 6.20 Å². The number of hydrogen-bond acceptors (Lipinski definition) is 3. The first-order valence-electron chi connectivity index (χ1n) is 5.20. The van der Waals surface area contributed by atoms with Crippen molar-refractivity contribution in [2.75, 3.05) is 6.67 Å². The molecule has 94 valence electrons. The van der Waals surface area contributed by atoms with E-state index in [-0.39, 0.29) is 6.54 Å². The van der Waals surface area contributed by atoms with E-state index in [2.05, 4.69) is 9.71 Å². The van der Waals surface area contributed by atoms with E-state index in [0.717, 1.165) is 0 Å². The molecule has 0 aromatic carbocycles. The Morgan fingerprint density at radius 1 is 1.65 bits per heavy atom. The minimum atomic E-state index is -1.49. The summed E-state index contributed by atoms with van der Waals surface area (Å²) in [5.74, 6) is 0. The molecule has 1 aromatic rings. The van der Waals surface area contributed by atoms with Crippen molar-refractivity contribution in [3.05, 3.63) is 23.0 Å². The predicted molar refractivity (Wildman–Crippen MR) is 64.6 cm³/mol. The summed E-state index contributed by atoms with van der Waals surface area (Å²) in [6, 6.07) is 1.55. The molecule has 2 rings (SSSR count). The highest BCUT2D eigenvalue weighted by Gasteiger charge is 2.44. The highest BCUT2D eigenvalue weighted by atomic mass is 35.5. The number of nitrogens with zero attached hydrogens (tertiary/aromatic N) is 1. The zero-order valence-electron chi connectivity index (χ0n) is 9.08. The van der Waals surface area contributed by atoms with Crippen LogP contribution in [0, 0.1) is 0 Å². The van der Waals surface area contributed by atoms with Crippen LogP contribution in [0.3, 0.4) is 0 Å². The van der Waals surface area contributed by atoms with Crippen molar-refractivity contribution in [1.29, 1.82) is 0 Å². The number of rotatable bonds is 5. The average Bonchev–Trinajstić information content (AvgIpc) is 3.09. The zero-order chi connectivity index (χ0) is 12.5. The van der Waals surface area contributed by atoms with E-state index in [9.17, 15) is 8.60 Å². The number of halogens is 2. The van der Waals surface area contributed by atoms with Gasteiger partial charge in [-0.3, -0.25) is 4.98 Å². The van der Waals surface area contributed by atoms with E-state index in [4.69, 9.17) is 17.3 Å². The molecule has 1 aromatic heterocycles. The molecule has 4 nitrogen and oxygen atoms in total. The van der Waals surface area contributed by atoms with E-state index in [1.54, 1.807) is 6.07 Å². The first-order valence-corrected chi connectivity index (χ1v) is 6.73. The van der Waals surface area contributed by atoms with Crippen LogP contribution >= 0.6 is 11.6 Å². The normalized spacial score (nSPS) is 19.0. The summed E-state index contributed by atoms with van der Waals surface area (Å²) in [5.41, 5.74) is 5.37. The molecule has 0 saturated heterocycles. The first-order chi connectivity index (χ1) is 8.10. The molecule has 17 heavy (non-hydrogen) atoms. The van der Waals surface area contributed by atoms with Crippen LogP contribution in [0.2, 0.25) is 5.02 Å². The van der Waals surface area contributed by atoms with Crippen LogP contribution in [0.4, 0.5) is 4.39 Å². The Morgan fingerprint density at radius 3 is 2.82 bits per heavy atom. The number of pyridine rings is 1. The van der Waals surface area contributed by atoms with E-state index >= 15 is 0 Å². The van der Waals surface area contributed by atoms with Gasteiger partial charge in [-0.1, -0.05) is 11.6 Å². The second-order valence-corrected chi connectivity index (χ2v) is 5.71. The molecule has 0 aliphatic heterocycles. The van der Waals surface area contributed by atoms with E-state index < -0.39 is 23.2 Å². The van der Waals surface area contributed by atoms with Gasteiger partial charge in [-0.2, -0.15) is 0 Å². The van der Waals surface area contributed by atoms with Gasteiger partial charge in [0.15, 0.2) is 0 Å². The van der Waals surface area contributed by atoms with Gasteiger partial charge in [0.05, 0.1) is 21.2 Å². The molecular formula is C10H13ClFN3OS. The quantitative estimate of drug-likeness (QED) is 0.853. The lowest BCUT2D eigenvalue weighted by Crippen LogP contribution is -2.34.